The van der Waals surface area contributed by atoms with Crippen LogP contribution in [0.25, 0.3) is 0 Å². The molecule has 0 saturated heterocycles. The van der Waals surface area contributed by atoms with E-state index in [0.29, 0.717) is 5.56 Å². The number of aliphatic carboxylic acids is 1. The van der Waals surface area contributed by atoms with Gasteiger partial charge in [-0.3, -0.25) is 4.79 Å². The fourth-order valence-electron chi connectivity index (χ4n) is 2.45. The number of aryl methyl sites for hydroxylation is 2. The highest BCUT2D eigenvalue weighted by atomic mass is 16.4. The maximum absolute atomic E-state index is 12.1. The number of hydrogen-bond acceptors (Lipinski definition) is 2. The Morgan fingerprint density at radius 2 is 1.89 bits per heavy atom. The van der Waals surface area contributed by atoms with Crippen molar-refractivity contribution >= 4 is 11.9 Å². The van der Waals surface area contributed by atoms with Crippen LogP contribution in [0.4, 0.5) is 0 Å². The van der Waals surface area contributed by atoms with Gasteiger partial charge in [-0.2, -0.15) is 0 Å². The predicted octanol–water partition coefficient (Wildman–Crippen LogP) is 2.01. The molecule has 102 valence electrons. The van der Waals surface area contributed by atoms with Crippen molar-refractivity contribution in [3.8, 4) is 0 Å². The molecule has 0 aliphatic heterocycles. The van der Waals surface area contributed by atoms with Crippen LogP contribution in [-0.2, 0) is 17.6 Å². The van der Waals surface area contributed by atoms with Gasteiger partial charge < -0.3 is 10.4 Å². The molecule has 1 aromatic carbocycles. The molecule has 4 nitrogen and oxygen atoms in total. The summed E-state index contributed by atoms with van der Waals surface area (Å²) in [5, 5.41) is 11.7. The van der Waals surface area contributed by atoms with Gasteiger partial charge in [0.2, 0.25) is 0 Å². The number of carboxylic acids is 1. The predicted molar refractivity (Wildman–Crippen MR) is 72.2 cm³/mol. The molecule has 0 spiro atoms. The summed E-state index contributed by atoms with van der Waals surface area (Å²) in [6.45, 7) is 3.56. The Labute approximate surface area is 112 Å². The molecule has 0 heterocycles. The van der Waals surface area contributed by atoms with Crippen LogP contribution in [0.1, 0.15) is 41.8 Å². The molecule has 4 heteroatoms. The molecule has 0 bridgehead atoms. The van der Waals surface area contributed by atoms with E-state index in [1.807, 2.05) is 12.1 Å². The fourth-order valence-corrected chi connectivity index (χ4v) is 2.45. The first kappa shape index (κ1) is 13.6. The number of carbonyl (C=O) groups is 2. The molecule has 1 atom stereocenters. The Morgan fingerprint density at radius 1 is 1.21 bits per heavy atom. The van der Waals surface area contributed by atoms with Crippen molar-refractivity contribution in [2.75, 3.05) is 0 Å². The second kappa shape index (κ2) is 5.43. The van der Waals surface area contributed by atoms with Crippen LogP contribution in [0.5, 0.6) is 0 Å². The van der Waals surface area contributed by atoms with Gasteiger partial charge in [0.25, 0.3) is 5.91 Å². The third-order valence-corrected chi connectivity index (χ3v) is 3.58. The van der Waals surface area contributed by atoms with Crippen LogP contribution in [-0.4, -0.2) is 23.0 Å². The molecule has 0 radical (unpaired) electrons. The molecule has 0 fully saturated rings. The maximum atomic E-state index is 12.1. The van der Waals surface area contributed by atoms with Gasteiger partial charge in [0.05, 0.1) is 0 Å². The summed E-state index contributed by atoms with van der Waals surface area (Å²) in [4.78, 5) is 23.2. The standard InChI is InChI=1S/C15H19NO3/c1-9(2)13(15(18)19)16-14(17)12-7-6-10-4-3-5-11(10)8-12/h6-9,13H,3-5H2,1-2H3,(H,16,17)(H,18,19)/t13-/m0/s1. The molecule has 19 heavy (non-hydrogen) atoms. The van der Waals surface area contributed by atoms with Gasteiger partial charge in [-0.05, 0) is 48.4 Å². The van der Waals surface area contributed by atoms with Gasteiger partial charge in [0.15, 0.2) is 0 Å². The van der Waals surface area contributed by atoms with E-state index in [4.69, 9.17) is 5.11 Å². The molecule has 1 aromatic rings. The normalized spacial score (nSPS) is 15.1. The number of nitrogens with one attached hydrogen (secondary N) is 1. The lowest BCUT2D eigenvalue weighted by atomic mass is 10.0. The SMILES string of the molecule is CC(C)[C@H](NC(=O)c1ccc2c(c1)CCC2)C(=O)O. The topological polar surface area (TPSA) is 66.4 Å². The molecular weight excluding hydrogens is 242 g/mol. The summed E-state index contributed by atoms with van der Waals surface area (Å²) in [6, 6.07) is 4.79. The largest absolute Gasteiger partial charge is 0.480 e. The lowest BCUT2D eigenvalue weighted by molar-refractivity contribution is -0.140. The molecule has 0 aromatic heterocycles. The minimum Gasteiger partial charge on any atom is -0.480 e. The van der Waals surface area contributed by atoms with E-state index in [1.165, 1.54) is 11.1 Å². The van der Waals surface area contributed by atoms with Crippen molar-refractivity contribution in [2.24, 2.45) is 5.92 Å². The van der Waals surface area contributed by atoms with Crippen LogP contribution in [0.2, 0.25) is 0 Å². The summed E-state index contributed by atoms with van der Waals surface area (Å²) in [5.74, 6) is -1.45. The van der Waals surface area contributed by atoms with Gasteiger partial charge in [-0.15, -0.1) is 0 Å². The van der Waals surface area contributed by atoms with Crippen molar-refractivity contribution in [3.05, 3.63) is 34.9 Å². The minimum absolute atomic E-state index is 0.143. The third-order valence-electron chi connectivity index (χ3n) is 3.58. The average Bonchev–Trinajstić information content (AvgIpc) is 2.81. The highest BCUT2D eigenvalue weighted by Crippen LogP contribution is 2.22. The number of carboxylic acid groups (broad SMARTS) is 1. The summed E-state index contributed by atoms with van der Waals surface area (Å²) >= 11 is 0. The maximum Gasteiger partial charge on any atom is 0.326 e. The Bertz CT molecular complexity index is 508. The first-order valence-electron chi connectivity index (χ1n) is 6.64. The van der Waals surface area contributed by atoms with Crippen molar-refractivity contribution in [2.45, 2.75) is 39.2 Å². The lowest BCUT2D eigenvalue weighted by Gasteiger charge is -2.18. The second-order valence-electron chi connectivity index (χ2n) is 5.37. The Kier molecular flexibility index (Phi) is 3.88. The highest BCUT2D eigenvalue weighted by molar-refractivity contribution is 5.96. The fraction of sp³-hybridized carbons (Fsp3) is 0.467. The summed E-state index contributed by atoms with van der Waals surface area (Å²) in [7, 11) is 0. The molecule has 2 N–H and O–H groups in total. The van der Waals surface area contributed by atoms with E-state index < -0.39 is 12.0 Å². The Hall–Kier alpha value is -1.84. The van der Waals surface area contributed by atoms with E-state index in [0.717, 1.165) is 19.3 Å². The lowest BCUT2D eigenvalue weighted by Crippen LogP contribution is -2.44. The average molecular weight is 261 g/mol. The van der Waals surface area contributed by atoms with Gasteiger partial charge in [0, 0.05) is 5.56 Å². The first-order valence-corrected chi connectivity index (χ1v) is 6.64. The van der Waals surface area contributed by atoms with E-state index in [-0.39, 0.29) is 11.8 Å². The zero-order valence-electron chi connectivity index (χ0n) is 11.3. The summed E-state index contributed by atoms with van der Waals surface area (Å²) in [6.07, 6.45) is 3.20. The van der Waals surface area contributed by atoms with Crippen LogP contribution >= 0.6 is 0 Å². The van der Waals surface area contributed by atoms with Crippen LogP contribution < -0.4 is 5.32 Å². The van der Waals surface area contributed by atoms with Gasteiger partial charge in [0.1, 0.15) is 6.04 Å². The molecule has 2 rings (SSSR count). The molecule has 1 aliphatic carbocycles. The van der Waals surface area contributed by atoms with Crippen molar-refractivity contribution in [1.29, 1.82) is 0 Å². The summed E-state index contributed by atoms with van der Waals surface area (Å²) in [5.41, 5.74) is 3.06. The monoisotopic (exact) mass is 261 g/mol. The smallest absolute Gasteiger partial charge is 0.326 e. The number of benzene rings is 1. The number of hydrogen-bond donors (Lipinski definition) is 2. The summed E-state index contributed by atoms with van der Waals surface area (Å²) < 4.78 is 0. The number of rotatable bonds is 4. The zero-order valence-corrected chi connectivity index (χ0v) is 11.3. The highest BCUT2D eigenvalue weighted by Gasteiger charge is 2.24. The van der Waals surface area contributed by atoms with Gasteiger partial charge >= 0.3 is 5.97 Å². The third kappa shape index (κ3) is 2.95. The minimum atomic E-state index is -0.996. The zero-order chi connectivity index (χ0) is 14.0. The quantitative estimate of drug-likeness (QED) is 0.871. The number of fused-ring (bicyclic) bond motifs is 1. The molecule has 0 unspecified atom stereocenters. The molecular formula is C15H19NO3. The number of carbonyl (C=O) groups excluding carboxylic acids is 1. The van der Waals surface area contributed by atoms with Crippen molar-refractivity contribution in [1.82, 2.24) is 5.32 Å². The van der Waals surface area contributed by atoms with Gasteiger partial charge in [-0.1, -0.05) is 19.9 Å². The van der Waals surface area contributed by atoms with E-state index in [2.05, 4.69) is 5.32 Å². The van der Waals surface area contributed by atoms with E-state index in [9.17, 15) is 9.59 Å². The number of amides is 1. The van der Waals surface area contributed by atoms with Crippen LogP contribution in [0, 0.1) is 5.92 Å². The first-order chi connectivity index (χ1) is 8.99. The molecule has 1 amide bonds. The van der Waals surface area contributed by atoms with E-state index >= 15 is 0 Å². The van der Waals surface area contributed by atoms with Crippen molar-refractivity contribution in [3.63, 3.8) is 0 Å². The second-order valence-corrected chi connectivity index (χ2v) is 5.37. The molecule has 1 aliphatic rings. The Morgan fingerprint density at radius 3 is 2.53 bits per heavy atom. The van der Waals surface area contributed by atoms with Gasteiger partial charge in [-0.25, -0.2) is 4.79 Å². The van der Waals surface area contributed by atoms with Crippen molar-refractivity contribution < 1.29 is 14.7 Å². The molecule has 0 saturated carbocycles. The Balaban J connectivity index is 2.13. The van der Waals surface area contributed by atoms with Crippen LogP contribution in [0.3, 0.4) is 0 Å². The van der Waals surface area contributed by atoms with Crippen LogP contribution in [0.15, 0.2) is 18.2 Å². The van der Waals surface area contributed by atoms with E-state index in [1.54, 1.807) is 19.9 Å².